The highest BCUT2D eigenvalue weighted by atomic mass is 19.1. The van der Waals surface area contributed by atoms with Gasteiger partial charge in [-0.25, -0.2) is 14.1 Å². The van der Waals surface area contributed by atoms with E-state index in [4.69, 9.17) is 4.74 Å². The van der Waals surface area contributed by atoms with Gasteiger partial charge < -0.3 is 4.74 Å². The summed E-state index contributed by atoms with van der Waals surface area (Å²) in [5.74, 6) is -1.67. The van der Waals surface area contributed by atoms with Gasteiger partial charge in [0.15, 0.2) is 0 Å². The van der Waals surface area contributed by atoms with Crippen LogP contribution in [0.5, 0.6) is 5.75 Å². The van der Waals surface area contributed by atoms with Crippen LogP contribution in [0.4, 0.5) is 20.6 Å². The molecule has 4 amide bonds. The minimum Gasteiger partial charge on any atom is -0.489 e. The average molecular weight is 461 g/mol. The van der Waals surface area contributed by atoms with Gasteiger partial charge >= 0.3 is 6.03 Å². The highest BCUT2D eigenvalue weighted by Crippen LogP contribution is 2.25. The molecule has 3 aromatic carbocycles. The number of nitro groups is 1. The van der Waals surface area contributed by atoms with Crippen molar-refractivity contribution in [2.45, 2.75) is 6.61 Å². The van der Waals surface area contributed by atoms with Crippen molar-refractivity contribution in [1.82, 2.24) is 5.32 Å². The Hall–Kier alpha value is -4.86. The van der Waals surface area contributed by atoms with Gasteiger partial charge in [0.05, 0.1) is 10.6 Å². The number of carbonyl (C=O) groups excluding carboxylic acids is 3. The number of nitro benzene ring substituents is 1. The molecule has 1 fully saturated rings. The summed E-state index contributed by atoms with van der Waals surface area (Å²) in [6.07, 6.45) is 1.31. The van der Waals surface area contributed by atoms with Gasteiger partial charge in [-0.2, -0.15) is 0 Å². The zero-order chi connectivity index (χ0) is 24.2. The molecular formula is C24H16FN3O6. The summed E-state index contributed by atoms with van der Waals surface area (Å²) in [7, 11) is 0. The molecular weight excluding hydrogens is 445 g/mol. The van der Waals surface area contributed by atoms with E-state index >= 15 is 0 Å². The molecule has 0 spiro atoms. The van der Waals surface area contributed by atoms with Gasteiger partial charge in [-0.1, -0.05) is 30.3 Å². The molecule has 0 unspecified atom stereocenters. The summed E-state index contributed by atoms with van der Waals surface area (Å²) in [6.45, 7) is 0.0281. The van der Waals surface area contributed by atoms with E-state index in [0.29, 0.717) is 16.9 Å². The van der Waals surface area contributed by atoms with Crippen LogP contribution >= 0.6 is 0 Å². The van der Waals surface area contributed by atoms with Crippen LogP contribution in [-0.2, 0) is 16.2 Å². The Balaban J connectivity index is 1.52. The van der Waals surface area contributed by atoms with Gasteiger partial charge in [0, 0.05) is 17.7 Å². The normalized spacial score (nSPS) is 14.8. The lowest BCUT2D eigenvalue weighted by Gasteiger charge is -2.26. The zero-order valence-electron chi connectivity index (χ0n) is 17.4. The molecule has 1 N–H and O–H groups in total. The molecule has 10 heteroatoms. The number of anilines is 1. The van der Waals surface area contributed by atoms with E-state index in [-0.39, 0.29) is 29.4 Å². The number of rotatable bonds is 6. The number of imide groups is 2. The Morgan fingerprint density at radius 1 is 0.971 bits per heavy atom. The molecule has 1 aliphatic heterocycles. The minimum atomic E-state index is -0.960. The lowest BCUT2D eigenvalue weighted by molar-refractivity contribution is -0.384. The minimum absolute atomic E-state index is 0.0281. The summed E-state index contributed by atoms with van der Waals surface area (Å²) < 4.78 is 19.3. The number of barbiturate groups is 1. The van der Waals surface area contributed by atoms with Crippen LogP contribution in [-0.4, -0.2) is 22.8 Å². The number of ether oxygens (including phenoxy) is 1. The van der Waals surface area contributed by atoms with E-state index in [1.54, 1.807) is 42.5 Å². The molecule has 0 atom stereocenters. The molecule has 0 saturated carbocycles. The first-order valence-electron chi connectivity index (χ1n) is 9.95. The van der Waals surface area contributed by atoms with Crippen molar-refractivity contribution in [2.75, 3.05) is 4.90 Å². The Bertz CT molecular complexity index is 1320. The highest BCUT2D eigenvalue weighted by Gasteiger charge is 2.36. The topological polar surface area (TPSA) is 119 Å². The lowest BCUT2D eigenvalue weighted by Crippen LogP contribution is -2.54. The van der Waals surface area contributed by atoms with E-state index < -0.39 is 22.8 Å². The van der Waals surface area contributed by atoms with Crippen molar-refractivity contribution in [1.29, 1.82) is 0 Å². The molecule has 34 heavy (non-hydrogen) atoms. The largest absolute Gasteiger partial charge is 0.489 e. The molecule has 0 radical (unpaired) electrons. The van der Waals surface area contributed by atoms with Gasteiger partial charge in [-0.15, -0.1) is 0 Å². The Morgan fingerprint density at radius 2 is 1.65 bits per heavy atom. The SMILES string of the molecule is O=C1NC(=O)N(c2ccc([N+](=O)[O-])cc2)C(=O)/C1=C\c1ccc(OCc2ccccc2F)cc1. The van der Waals surface area contributed by atoms with Crippen molar-refractivity contribution in [3.05, 3.63) is 105 Å². The molecule has 9 nitrogen and oxygen atoms in total. The van der Waals surface area contributed by atoms with Gasteiger partial charge in [0.2, 0.25) is 0 Å². The van der Waals surface area contributed by atoms with Crippen LogP contribution in [0, 0.1) is 15.9 Å². The summed E-state index contributed by atoms with van der Waals surface area (Å²) >= 11 is 0. The third-order valence-corrected chi connectivity index (χ3v) is 4.96. The number of urea groups is 1. The molecule has 170 valence electrons. The summed E-state index contributed by atoms with van der Waals surface area (Å²) in [4.78, 5) is 48.4. The first-order chi connectivity index (χ1) is 16.3. The molecule has 3 aromatic rings. The van der Waals surface area contributed by atoms with Gasteiger partial charge in [-0.3, -0.25) is 25.0 Å². The molecule has 4 rings (SSSR count). The number of hydrogen-bond acceptors (Lipinski definition) is 6. The molecule has 1 aliphatic rings. The van der Waals surface area contributed by atoms with Gasteiger partial charge in [0.25, 0.3) is 17.5 Å². The summed E-state index contributed by atoms with van der Waals surface area (Å²) in [5, 5.41) is 12.9. The third-order valence-electron chi connectivity index (χ3n) is 4.96. The number of nitrogens with one attached hydrogen (secondary N) is 1. The standard InChI is InChI=1S/C24H16FN3O6/c25-21-4-2-1-3-16(21)14-34-19-11-5-15(6-12-19)13-20-22(29)26-24(31)27(23(20)30)17-7-9-18(10-8-17)28(32)33/h1-13H,14H2,(H,26,29,31)/b20-13-. The third kappa shape index (κ3) is 4.65. The number of carbonyl (C=O) groups is 3. The van der Waals surface area contributed by atoms with Crippen LogP contribution in [0.2, 0.25) is 0 Å². The summed E-state index contributed by atoms with van der Waals surface area (Å²) in [5.41, 5.74) is 0.447. The first kappa shape index (κ1) is 22.3. The highest BCUT2D eigenvalue weighted by molar-refractivity contribution is 6.39. The Kier molecular flexibility index (Phi) is 6.13. The molecule has 0 aromatic heterocycles. The number of amides is 4. The summed E-state index contributed by atoms with van der Waals surface area (Å²) in [6, 6.07) is 16.4. The quantitative estimate of drug-likeness (QED) is 0.257. The van der Waals surface area contributed by atoms with Crippen LogP contribution in [0.15, 0.2) is 78.4 Å². The monoisotopic (exact) mass is 461 g/mol. The van der Waals surface area contributed by atoms with Crippen molar-refractivity contribution >= 4 is 35.3 Å². The van der Waals surface area contributed by atoms with E-state index in [1.807, 2.05) is 0 Å². The fourth-order valence-electron chi connectivity index (χ4n) is 3.22. The van der Waals surface area contributed by atoms with Crippen molar-refractivity contribution < 1.29 is 28.4 Å². The average Bonchev–Trinajstić information content (AvgIpc) is 2.82. The molecule has 1 heterocycles. The van der Waals surface area contributed by atoms with E-state index in [1.165, 1.54) is 24.3 Å². The zero-order valence-corrected chi connectivity index (χ0v) is 17.4. The second kappa shape index (κ2) is 9.33. The van der Waals surface area contributed by atoms with Crippen molar-refractivity contribution in [2.24, 2.45) is 0 Å². The van der Waals surface area contributed by atoms with Crippen molar-refractivity contribution in [3.63, 3.8) is 0 Å². The maximum Gasteiger partial charge on any atom is 0.335 e. The second-order valence-corrected chi connectivity index (χ2v) is 7.18. The molecule has 0 bridgehead atoms. The Morgan fingerprint density at radius 3 is 2.29 bits per heavy atom. The Labute approximate surface area is 192 Å². The molecule has 0 aliphatic carbocycles. The molecule has 1 saturated heterocycles. The van der Waals surface area contributed by atoms with Crippen LogP contribution in [0.3, 0.4) is 0 Å². The number of non-ortho nitro benzene ring substituents is 1. The number of nitrogens with zero attached hydrogens (tertiary/aromatic N) is 2. The number of halogens is 1. The lowest BCUT2D eigenvalue weighted by atomic mass is 10.1. The van der Waals surface area contributed by atoms with Gasteiger partial charge in [0.1, 0.15) is 23.7 Å². The first-order valence-corrected chi connectivity index (χ1v) is 9.95. The van der Waals surface area contributed by atoms with Crippen LogP contribution in [0.1, 0.15) is 11.1 Å². The predicted molar refractivity (Wildman–Crippen MR) is 119 cm³/mol. The van der Waals surface area contributed by atoms with E-state index in [2.05, 4.69) is 5.32 Å². The van der Waals surface area contributed by atoms with Gasteiger partial charge in [-0.05, 0) is 42.0 Å². The van der Waals surface area contributed by atoms with E-state index in [0.717, 1.165) is 17.0 Å². The number of hydrogen-bond donors (Lipinski definition) is 1. The fraction of sp³-hybridized carbons (Fsp3) is 0.0417. The predicted octanol–water partition coefficient (Wildman–Crippen LogP) is 3.98. The van der Waals surface area contributed by atoms with Crippen LogP contribution < -0.4 is 15.0 Å². The van der Waals surface area contributed by atoms with E-state index in [9.17, 15) is 28.9 Å². The fourth-order valence-corrected chi connectivity index (χ4v) is 3.22. The van der Waals surface area contributed by atoms with Crippen molar-refractivity contribution in [3.8, 4) is 5.75 Å². The maximum atomic E-state index is 13.7. The maximum absolute atomic E-state index is 13.7. The second-order valence-electron chi connectivity index (χ2n) is 7.18. The number of benzene rings is 3. The smallest absolute Gasteiger partial charge is 0.335 e. The van der Waals surface area contributed by atoms with Crippen LogP contribution in [0.25, 0.3) is 6.08 Å².